The Morgan fingerprint density at radius 1 is 0.561 bits per heavy atom. The molecule has 6 heteroatoms. The van der Waals surface area contributed by atoms with E-state index in [9.17, 15) is 10.2 Å². The average molecular weight is 569 g/mol. The molecule has 4 rings (SSSR count). The fourth-order valence-electron chi connectivity index (χ4n) is 6.95. The van der Waals surface area contributed by atoms with Crippen LogP contribution in [-0.2, 0) is 25.7 Å². The highest BCUT2D eigenvalue weighted by Gasteiger charge is 2.57. The largest absolute Gasteiger partial charge is 0.504 e. The Morgan fingerprint density at radius 3 is 1.34 bits per heavy atom. The number of ether oxygens (including phenoxy) is 4. The molecule has 228 valence electrons. The van der Waals surface area contributed by atoms with E-state index in [2.05, 4.69) is 41.5 Å². The number of hydrogen-bond donors (Lipinski definition) is 2. The number of hydrogen-bond acceptors (Lipinski definition) is 6. The summed E-state index contributed by atoms with van der Waals surface area (Å²) in [4.78, 5) is 0. The third-order valence-corrected chi connectivity index (χ3v) is 8.84. The van der Waals surface area contributed by atoms with Crippen LogP contribution in [0.4, 0.5) is 0 Å². The molecule has 2 N–H and O–H groups in total. The van der Waals surface area contributed by atoms with Gasteiger partial charge in [0, 0.05) is 44.7 Å². The molecule has 2 aliphatic carbocycles. The van der Waals surface area contributed by atoms with Crippen LogP contribution in [-0.4, -0.2) is 49.9 Å². The second-order valence-electron chi connectivity index (χ2n) is 13.3. The first-order valence-electron chi connectivity index (χ1n) is 15.7. The lowest BCUT2D eigenvalue weighted by Gasteiger charge is -2.30. The molecule has 0 amide bonds. The zero-order valence-electron chi connectivity index (χ0n) is 26.2. The Balaban J connectivity index is 1.54. The van der Waals surface area contributed by atoms with E-state index in [4.69, 9.17) is 18.9 Å². The molecule has 0 unspecified atom stereocenters. The van der Waals surface area contributed by atoms with Gasteiger partial charge in [-0.3, -0.25) is 0 Å². The van der Waals surface area contributed by atoms with Crippen molar-refractivity contribution in [1.29, 1.82) is 0 Å². The Morgan fingerprint density at radius 2 is 0.951 bits per heavy atom. The molecule has 0 aromatic heterocycles. The first-order chi connectivity index (χ1) is 19.6. The van der Waals surface area contributed by atoms with E-state index >= 15 is 0 Å². The fraction of sp³-hybridized carbons (Fsp3) is 0.657. The van der Waals surface area contributed by atoms with Crippen LogP contribution in [0.25, 0.3) is 0 Å². The van der Waals surface area contributed by atoms with E-state index in [-0.39, 0.29) is 27.7 Å². The summed E-state index contributed by atoms with van der Waals surface area (Å²) in [6.45, 7) is 17.3. The van der Waals surface area contributed by atoms with E-state index in [1.165, 1.54) is 11.1 Å². The van der Waals surface area contributed by atoms with Crippen molar-refractivity contribution in [2.24, 2.45) is 0 Å². The quantitative estimate of drug-likeness (QED) is 0.200. The van der Waals surface area contributed by atoms with Crippen LogP contribution >= 0.6 is 0 Å². The second-order valence-corrected chi connectivity index (χ2v) is 13.3. The number of aromatic hydroxyl groups is 2. The molecular weight excluding hydrogens is 516 g/mol. The third-order valence-electron chi connectivity index (χ3n) is 8.84. The number of fused-ring (bicyclic) bond motifs is 4. The standard InChI is InChI=1S/C35H52O6/c1-7-9-13-38-15-11-17-40-31-21-25-27(19-29(31)36)35(23-33(25,3)4)24-34(5,6)26-22-32(30(37)20-28(26)35)41-18-12-16-39-14-10-8-2/h19-22,36-37H,7-18,23-24H2,1-6H3. The summed E-state index contributed by atoms with van der Waals surface area (Å²) in [6, 6.07) is 7.93. The van der Waals surface area contributed by atoms with Gasteiger partial charge in [-0.25, -0.2) is 0 Å². The lowest BCUT2D eigenvalue weighted by atomic mass is 9.72. The summed E-state index contributed by atoms with van der Waals surface area (Å²) < 4.78 is 23.4. The maximum atomic E-state index is 11.1. The van der Waals surface area contributed by atoms with Crippen LogP contribution in [0.2, 0.25) is 0 Å². The molecule has 41 heavy (non-hydrogen) atoms. The van der Waals surface area contributed by atoms with E-state index in [0.717, 1.165) is 75.7 Å². The van der Waals surface area contributed by atoms with Crippen molar-refractivity contribution in [3.05, 3.63) is 46.5 Å². The van der Waals surface area contributed by atoms with Crippen LogP contribution in [0.5, 0.6) is 23.0 Å². The summed E-state index contributed by atoms with van der Waals surface area (Å²) >= 11 is 0. The molecule has 0 saturated heterocycles. The molecule has 0 heterocycles. The van der Waals surface area contributed by atoms with Crippen LogP contribution in [0.1, 0.15) is 115 Å². The fourth-order valence-corrected chi connectivity index (χ4v) is 6.95. The van der Waals surface area contributed by atoms with Crippen molar-refractivity contribution in [3.8, 4) is 23.0 Å². The van der Waals surface area contributed by atoms with Gasteiger partial charge in [-0.1, -0.05) is 54.4 Å². The van der Waals surface area contributed by atoms with Gasteiger partial charge in [0.1, 0.15) is 0 Å². The highest BCUT2D eigenvalue weighted by molar-refractivity contribution is 5.65. The van der Waals surface area contributed by atoms with Gasteiger partial charge < -0.3 is 29.2 Å². The Hall–Kier alpha value is -2.44. The average Bonchev–Trinajstić information content (AvgIpc) is 3.26. The number of rotatable bonds is 16. The van der Waals surface area contributed by atoms with Gasteiger partial charge in [0.05, 0.1) is 13.2 Å². The van der Waals surface area contributed by atoms with Crippen LogP contribution in [0, 0.1) is 0 Å². The predicted octanol–water partition coefficient (Wildman–Crippen LogP) is 7.92. The van der Waals surface area contributed by atoms with E-state index in [0.29, 0.717) is 37.9 Å². The molecule has 0 atom stereocenters. The third kappa shape index (κ3) is 6.80. The van der Waals surface area contributed by atoms with Crippen molar-refractivity contribution < 1.29 is 29.2 Å². The lowest BCUT2D eigenvalue weighted by Crippen LogP contribution is -2.26. The zero-order valence-corrected chi connectivity index (χ0v) is 26.2. The Labute approximate surface area is 247 Å². The van der Waals surface area contributed by atoms with Gasteiger partial charge in [0.15, 0.2) is 23.0 Å². The van der Waals surface area contributed by atoms with Crippen molar-refractivity contribution in [1.82, 2.24) is 0 Å². The molecule has 0 bridgehead atoms. The van der Waals surface area contributed by atoms with Gasteiger partial charge >= 0.3 is 0 Å². The Bertz CT molecular complexity index is 1080. The summed E-state index contributed by atoms with van der Waals surface area (Å²) in [5, 5.41) is 22.2. The van der Waals surface area contributed by atoms with Gasteiger partial charge in [0.2, 0.25) is 0 Å². The van der Waals surface area contributed by atoms with E-state index in [1.54, 1.807) is 0 Å². The molecular formula is C35H52O6. The maximum Gasteiger partial charge on any atom is 0.161 e. The van der Waals surface area contributed by atoms with Crippen LogP contribution in [0.3, 0.4) is 0 Å². The lowest BCUT2D eigenvalue weighted by molar-refractivity contribution is 0.116. The summed E-state index contributed by atoms with van der Waals surface area (Å²) in [7, 11) is 0. The van der Waals surface area contributed by atoms with Crippen molar-refractivity contribution in [2.75, 3.05) is 39.6 Å². The van der Waals surface area contributed by atoms with Crippen molar-refractivity contribution in [3.63, 3.8) is 0 Å². The van der Waals surface area contributed by atoms with E-state index < -0.39 is 0 Å². The molecule has 2 aromatic carbocycles. The van der Waals surface area contributed by atoms with Gasteiger partial charge in [-0.15, -0.1) is 0 Å². The smallest absolute Gasteiger partial charge is 0.161 e. The highest BCUT2D eigenvalue weighted by Crippen LogP contribution is 2.64. The van der Waals surface area contributed by atoms with Crippen molar-refractivity contribution in [2.45, 2.75) is 109 Å². The van der Waals surface area contributed by atoms with Crippen LogP contribution < -0.4 is 9.47 Å². The molecule has 0 aliphatic heterocycles. The number of benzene rings is 2. The SMILES string of the molecule is CCCCOCCCOc1cc2c(cc1O)C1(CC2(C)C)CC(C)(C)c2cc(OCCCOCCCC)c(O)cc21. The minimum absolute atomic E-state index is 0.120. The zero-order chi connectivity index (χ0) is 29.7. The molecule has 0 radical (unpaired) electrons. The molecule has 2 aliphatic rings. The number of phenolic OH excluding ortho intramolecular Hbond substituents is 2. The minimum Gasteiger partial charge on any atom is -0.504 e. The molecule has 2 aromatic rings. The number of unbranched alkanes of at least 4 members (excludes halogenated alkanes) is 2. The molecule has 0 fully saturated rings. The predicted molar refractivity (Wildman–Crippen MR) is 164 cm³/mol. The van der Waals surface area contributed by atoms with Gasteiger partial charge in [0.25, 0.3) is 0 Å². The summed E-state index contributed by atoms with van der Waals surface area (Å²) in [5.41, 5.74) is 4.14. The van der Waals surface area contributed by atoms with Crippen LogP contribution in [0.15, 0.2) is 24.3 Å². The van der Waals surface area contributed by atoms with Crippen molar-refractivity contribution >= 4 is 0 Å². The minimum atomic E-state index is -0.302. The summed E-state index contributed by atoms with van der Waals surface area (Å²) in [5.74, 6) is 1.41. The number of phenols is 2. The van der Waals surface area contributed by atoms with E-state index in [1.807, 2.05) is 24.3 Å². The molecule has 0 saturated carbocycles. The normalized spacial score (nSPS) is 17.5. The topological polar surface area (TPSA) is 77.4 Å². The highest BCUT2D eigenvalue weighted by atomic mass is 16.5. The molecule has 1 spiro atoms. The van der Waals surface area contributed by atoms with Gasteiger partial charge in [-0.05, 0) is 83.0 Å². The van der Waals surface area contributed by atoms with Gasteiger partial charge in [-0.2, -0.15) is 0 Å². The monoisotopic (exact) mass is 568 g/mol. The summed E-state index contributed by atoms with van der Waals surface area (Å²) in [6.07, 6.45) is 7.76. The maximum absolute atomic E-state index is 11.1. The first-order valence-corrected chi connectivity index (χ1v) is 15.7. The second kappa shape index (κ2) is 13.2. The Kier molecular flexibility index (Phi) is 10.2. The first kappa shape index (κ1) is 31.5. The molecule has 6 nitrogen and oxygen atoms in total.